The Balaban J connectivity index is 1.99. The SMILES string of the molecule is Fc1ccc(CC(Br)C2CCCCC2)c(F)c1. The molecule has 0 heterocycles. The van der Waals surface area contributed by atoms with Crippen LogP contribution in [0.1, 0.15) is 37.7 Å². The average molecular weight is 303 g/mol. The minimum atomic E-state index is -0.505. The monoisotopic (exact) mass is 302 g/mol. The van der Waals surface area contributed by atoms with E-state index in [0.717, 1.165) is 6.07 Å². The van der Waals surface area contributed by atoms with Crippen LogP contribution < -0.4 is 0 Å². The fraction of sp³-hybridized carbons (Fsp3) is 0.571. The molecule has 94 valence electrons. The van der Waals surface area contributed by atoms with E-state index in [1.807, 2.05) is 0 Å². The zero-order valence-electron chi connectivity index (χ0n) is 9.76. The molecule has 1 unspecified atom stereocenters. The Kier molecular flexibility index (Phi) is 4.55. The first-order valence-corrected chi connectivity index (χ1v) is 7.16. The van der Waals surface area contributed by atoms with E-state index in [-0.39, 0.29) is 0 Å². The maximum Gasteiger partial charge on any atom is 0.129 e. The molecular formula is C14H17BrF2. The summed E-state index contributed by atoms with van der Waals surface area (Å²) in [5.74, 6) is -0.298. The molecular weight excluding hydrogens is 286 g/mol. The van der Waals surface area contributed by atoms with Crippen molar-refractivity contribution in [2.24, 2.45) is 5.92 Å². The summed E-state index contributed by atoms with van der Waals surface area (Å²) in [6.45, 7) is 0. The summed E-state index contributed by atoms with van der Waals surface area (Å²) < 4.78 is 26.3. The van der Waals surface area contributed by atoms with E-state index < -0.39 is 11.6 Å². The predicted octanol–water partition coefficient (Wildman–Crippen LogP) is 4.85. The zero-order valence-corrected chi connectivity index (χ0v) is 11.3. The van der Waals surface area contributed by atoms with Crippen molar-refractivity contribution >= 4 is 15.9 Å². The quantitative estimate of drug-likeness (QED) is 0.700. The Morgan fingerprint density at radius 3 is 2.53 bits per heavy atom. The maximum absolute atomic E-state index is 13.5. The molecule has 17 heavy (non-hydrogen) atoms. The van der Waals surface area contributed by atoms with Crippen LogP contribution in [0.4, 0.5) is 8.78 Å². The van der Waals surface area contributed by atoms with Crippen LogP contribution in [0.3, 0.4) is 0 Å². The lowest BCUT2D eigenvalue weighted by atomic mass is 9.85. The minimum Gasteiger partial charge on any atom is -0.207 e. The van der Waals surface area contributed by atoms with Gasteiger partial charge in [-0.25, -0.2) is 8.78 Å². The van der Waals surface area contributed by atoms with Gasteiger partial charge in [0.1, 0.15) is 11.6 Å². The molecule has 0 spiro atoms. The number of alkyl halides is 1. The van der Waals surface area contributed by atoms with Crippen molar-refractivity contribution in [3.63, 3.8) is 0 Å². The van der Waals surface area contributed by atoms with Gasteiger partial charge >= 0.3 is 0 Å². The highest BCUT2D eigenvalue weighted by Crippen LogP contribution is 2.32. The molecule has 0 bridgehead atoms. The summed E-state index contributed by atoms with van der Waals surface area (Å²) in [4.78, 5) is 0.308. The van der Waals surface area contributed by atoms with Crippen LogP contribution in [0.25, 0.3) is 0 Å². The molecule has 3 heteroatoms. The lowest BCUT2D eigenvalue weighted by molar-refractivity contribution is 0.349. The average Bonchev–Trinajstić information content (AvgIpc) is 2.34. The van der Waals surface area contributed by atoms with Gasteiger partial charge in [0.25, 0.3) is 0 Å². The van der Waals surface area contributed by atoms with Crippen LogP contribution in [-0.2, 0) is 6.42 Å². The molecule has 1 saturated carbocycles. The first-order valence-electron chi connectivity index (χ1n) is 6.25. The number of benzene rings is 1. The zero-order chi connectivity index (χ0) is 12.3. The second kappa shape index (κ2) is 5.94. The number of rotatable bonds is 3. The van der Waals surface area contributed by atoms with E-state index >= 15 is 0 Å². The highest BCUT2D eigenvalue weighted by Gasteiger charge is 2.22. The van der Waals surface area contributed by atoms with Crippen LogP contribution in [0, 0.1) is 17.6 Å². The van der Waals surface area contributed by atoms with Crippen LogP contribution in [0.15, 0.2) is 18.2 Å². The van der Waals surface area contributed by atoms with Gasteiger partial charge in [0, 0.05) is 10.9 Å². The smallest absolute Gasteiger partial charge is 0.129 e. The summed E-state index contributed by atoms with van der Waals surface area (Å²) in [5.41, 5.74) is 0.610. The van der Waals surface area contributed by atoms with Crippen molar-refractivity contribution in [3.8, 4) is 0 Å². The lowest BCUT2D eigenvalue weighted by Gasteiger charge is -2.26. The fourth-order valence-corrected chi connectivity index (χ4v) is 3.44. The van der Waals surface area contributed by atoms with Crippen molar-refractivity contribution in [2.75, 3.05) is 0 Å². The number of hydrogen-bond donors (Lipinski definition) is 0. The van der Waals surface area contributed by atoms with Gasteiger partial charge in [0.05, 0.1) is 0 Å². The molecule has 1 aliphatic rings. The van der Waals surface area contributed by atoms with Gasteiger partial charge < -0.3 is 0 Å². The summed E-state index contributed by atoms with van der Waals surface area (Å²) in [6, 6.07) is 3.86. The Hall–Kier alpha value is -0.440. The fourth-order valence-electron chi connectivity index (χ4n) is 2.56. The van der Waals surface area contributed by atoms with Crippen LogP contribution >= 0.6 is 15.9 Å². The molecule has 1 atom stereocenters. The van der Waals surface area contributed by atoms with Gasteiger partial charge in [-0.1, -0.05) is 41.3 Å². The standard InChI is InChI=1S/C14H17BrF2/c15-13(10-4-2-1-3-5-10)8-11-6-7-12(16)9-14(11)17/h6-7,9-10,13H,1-5,8H2. The Bertz CT molecular complexity index is 372. The molecule has 1 aromatic carbocycles. The highest BCUT2D eigenvalue weighted by atomic mass is 79.9. The molecule has 0 aromatic heterocycles. The Labute approximate surface area is 110 Å². The molecule has 0 aliphatic heterocycles. The first-order chi connectivity index (χ1) is 8.16. The van der Waals surface area contributed by atoms with Gasteiger partial charge in [0.15, 0.2) is 0 Å². The molecule has 0 nitrogen and oxygen atoms in total. The summed E-state index contributed by atoms with van der Waals surface area (Å²) >= 11 is 3.67. The Morgan fingerprint density at radius 2 is 1.88 bits per heavy atom. The molecule has 0 saturated heterocycles. The van der Waals surface area contributed by atoms with Crippen LogP contribution in [-0.4, -0.2) is 4.83 Å². The van der Waals surface area contributed by atoms with Gasteiger partial charge in [-0.2, -0.15) is 0 Å². The van der Waals surface area contributed by atoms with E-state index in [9.17, 15) is 8.78 Å². The molecule has 0 radical (unpaired) electrons. The number of halogens is 3. The molecule has 1 aliphatic carbocycles. The highest BCUT2D eigenvalue weighted by molar-refractivity contribution is 9.09. The van der Waals surface area contributed by atoms with Crippen molar-refractivity contribution in [1.29, 1.82) is 0 Å². The molecule has 0 amide bonds. The van der Waals surface area contributed by atoms with Gasteiger partial charge in [-0.3, -0.25) is 0 Å². The topological polar surface area (TPSA) is 0 Å². The number of hydrogen-bond acceptors (Lipinski definition) is 0. The third kappa shape index (κ3) is 3.51. The van der Waals surface area contributed by atoms with E-state index in [0.29, 0.717) is 22.7 Å². The van der Waals surface area contributed by atoms with Gasteiger partial charge in [-0.05, 0) is 36.8 Å². The van der Waals surface area contributed by atoms with Gasteiger partial charge in [0.2, 0.25) is 0 Å². The van der Waals surface area contributed by atoms with Crippen molar-refractivity contribution in [2.45, 2.75) is 43.4 Å². The van der Waals surface area contributed by atoms with E-state index in [1.54, 1.807) is 6.07 Å². The lowest BCUT2D eigenvalue weighted by Crippen LogP contribution is -2.20. The van der Waals surface area contributed by atoms with Crippen LogP contribution in [0.2, 0.25) is 0 Å². The first kappa shape index (κ1) is 13.0. The molecule has 2 rings (SSSR count). The third-order valence-corrected chi connectivity index (χ3v) is 4.66. The van der Waals surface area contributed by atoms with Crippen molar-refractivity contribution in [3.05, 3.63) is 35.4 Å². The second-order valence-corrected chi connectivity index (χ2v) is 6.03. The molecule has 0 N–H and O–H groups in total. The van der Waals surface area contributed by atoms with Crippen molar-refractivity contribution in [1.82, 2.24) is 0 Å². The van der Waals surface area contributed by atoms with E-state index in [2.05, 4.69) is 15.9 Å². The summed E-state index contributed by atoms with van der Waals surface area (Å²) in [6.07, 6.45) is 6.96. The molecule has 1 fully saturated rings. The normalized spacial score (nSPS) is 19.2. The van der Waals surface area contributed by atoms with Crippen LogP contribution in [0.5, 0.6) is 0 Å². The summed E-state index contributed by atoms with van der Waals surface area (Å²) in [7, 11) is 0. The van der Waals surface area contributed by atoms with Gasteiger partial charge in [-0.15, -0.1) is 0 Å². The Morgan fingerprint density at radius 1 is 1.18 bits per heavy atom. The second-order valence-electron chi connectivity index (χ2n) is 4.85. The maximum atomic E-state index is 13.5. The van der Waals surface area contributed by atoms with Crippen molar-refractivity contribution < 1.29 is 8.78 Å². The van der Waals surface area contributed by atoms with E-state index in [4.69, 9.17) is 0 Å². The summed E-state index contributed by atoms with van der Waals surface area (Å²) in [5, 5.41) is 0. The minimum absolute atomic E-state index is 0.308. The predicted molar refractivity (Wildman–Crippen MR) is 69.4 cm³/mol. The third-order valence-electron chi connectivity index (χ3n) is 3.59. The molecule has 1 aromatic rings. The largest absolute Gasteiger partial charge is 0.207 e. The van der Waals surface area contributed by atoms with E-state index in [1.165, 1.54) is 38.2 Å².